The minimum atomic E-state index is -2.37. The van der Waals surface area contributed by atoms with Gasteiger partial charge in [-0.3, -0.25) is 0 Å². The van der Waals surface area contributed by atoms with Crippen molar-refractivity contribution in [3.63, 3.8) is 0 Å². The fraction of sp³-hybridized carbons (Fsp3) is 0.938. The summed E-state index contributed by atoms with van der Waals surface area (Å²) in [6, 6.07) is 1.03. The quantitative estimate of drug-likeness (QED) is 0.231. The normalized spacial score (nSPS) is 14.2. The lowest BCUT2D eigenvalue weighted by Crippen LogP contribution is -2.58. The summed E-state index contributed by atoms with van der Waals surface area (Å²) in [6.07, 6.45) is 0. The Morgan fingerprint density at radius 2 is 1.14 bits per heavy atom. The number of ether oxygens (including phenoxy) is 1. The Balaban J connectivity index is 4.67. The van der Waals surface area contributed by atoms with Crippen molar-refractivity contribution in [1.82, 2.24) is 0 Å². The average molecular weight is 502 g/mol. The molecule has 0 rings (SSSR count). The van der Waals surface area contributed by atoms with Gasteiger partial charge in [-0.2, -0.15) is 11.8 Å². The molecule has 0 amide bonds. The first-order valence-corrected chi connectivity index (χ1v) is 25.9. The van der Waals surface area contributed by atoms with Crippen LogP contribution in [-0.2, 0) is 26.0 Å². The van der Waals surface area contributed by atoms with Crippen molar-refractivity contribution in [3.05, 3.63) is 0 Å². The van der Waals surface area contributed by atoms with Crippen molar-refractivity contribution < 1.29 is 26.0 Å². The van der Waals surface area contributed by atoms with Crippen LogP contribution in [0.2, 0.25) is 78.1 Å². The number of carbonyl (C=O) groups excluding carboxylic acids is 1. The summed E-state index contributed by atoms with van der Waals surface area (Å²) in [6.45, 7) is 25.6. The lowest BCUT2D eigenvalue weighted by Gasteiger charge is -2.42. The van der Waals surface area contributed by atoms with Crippen molar-refractivity contribution >= 4 is 60.6 Å². The Kier molecular flexibility index (Phi) is 11.7. The van der Waals surface area contributed by atoms with Crippen LogP contribution in [0.25, 0.3) is 0 Å². The van der Waals surface area contributed by atoms with Gasteiger partial charge in [-0.05, 0) is 83.8 Å². The van der Waals surface area contributed by atoms with Crippen molar-refractivity contribution in [3.8, 4) is 0 Å². The fourth-order valence-electron chi connectivity index (χ4n) is 3.26. The van der Waals surface area contributed by atoms with Crippen molar-refractivity contribution in [2.75, 3.05) is 18.1 Å². The van der Waals surface area contributed by atoms with Gasteiger partial charge in [-0.1, -0.05) is 0 Å². The molecule has 0 spiro atoms. The van der Waals surface area contributed by atoms with Gasteiger partial charge in [-0.25, -0.2) is 4.79 Å². The van der Waals surface area contributed by atoms with Crippen molar-refractivity contribution in [2.24, 2.45) is 0 Å². The molecule has 0 atom stereocenters. The van der Waals surface area contributed by atoms with Gasteiger partial charge in [0.25, 0.3) is 0 Å². The molecule has 0 unspecified atom stereocenters. The Morgan fingerprint density at radius 3 is 1.61 bits per heavy atom. The number of hydrogen-bond acceptors (Lipinski definition) is 7. The largest absolute Gasteiger partial charge is 0.456 e. The summed E-state index contributed by atoms with van der Waals surface area (Å²) in [4.78, 5) is 10.0. The molecule has 12 heteroatoms. The van der Waals surface area contributed by atoms with Crippen LogP contribution in [0.15, 0.2) is 0 Å². The second-order valence-corrected chi connectivity index (χ2v) is 30.9. The first-order valence-electron chi connectivity index (χ1n) is 9.76. The smallest absolute Gasteiger partial charge is 0.417 e. The third-order valence-corrected chi connectivity index (χ3v) is 22.5. The highest BCUT2D eigenvalue weighted by Crippen LogP contribution is 2.27. The molecule has 0 saturated carbocycles. The molecule has 0 heterocycles. The van der Waals surface area contributed by atoms with E-state index < -0.39 is 42.3 Å². The van der Waals surface area contributed by atoms with Crippen LogP contribution in [0.4, 0.5) is 0 Å². The molecule has 0 bridgehead atoms. The van der Waals surface area contributed by atoms with Gasteiger partial charge in [0.05, 0.1) is 0 Å². The summed E-state index contributed by atoms with van der Waals surface area (Å²) in [7, 11) is -10.4. The molecular formula is C16H41O6SSi5. The summed E-state index contributed by atoms with van der Waals surface area (Å²) in [5, 5.41) is 0. The lowest BCUT2D eigenvalue weighted by atomic mass is 10.9. The average Bonchev–Trinajstić information content (AvgIpc) is 2.35. The van der Waals surface area contributed by atoms with Crippen LogP contribution in [0.3, 0.4) is 0 Å². The molecule has 0 aromatic carbocycles. The second-order valence-electron chi connectivity index (χ2n) is 9.77. The van der Waals surface area contributed by atoms with E-state index in [9.17, 15) is 4.79 Å². The van der Waals surface area contributed by atoms with Crippen LogP contribution in [0.5, 0.6) is 0 Å². The third-order valence-electron chi connectivity index (χ3n) is 3.29. The molecule has 0 aliphatic heterocycles. The zero-order chi connectivity index (χ0) is 22.3. The summed E-state index contributed by atoms with van der Waals surface area (Å²) in [5.74, 6) is 1.79. The second kappa shape index (κ2) is 11.4. The van der Waals surface area contributed by atoms with Gasteiger partial charge >= 0.3 is 32.2 Å². The van der Waals surface area contributed by atoms with Crippen LogP contribution >= 0.6 is 11.8 Å². The molecule has 0 saturated heterocycles. The topological polar surface area (TPSA) is 63.2 Å². The number of rotatable bonds is 15. The molecule has 0 aromatic rings. The Labute approximate surface area is 182 Å². The Morgan fingerprint density at radius 1 is 0.679 bits per heavy atom. The van der Waals surface area contributed by atoms with Gasteiger partial charge in [0, 0.05) is 5.75 Å². The molecule has 1 radical (unpaired) electrons. The first kappa shape index (κ1) is 28.7. The summed E-state index contributed by atoms with van der Waals surface area (Å²) in [5.41, 5.74) is 0. The van der Waals surface area contributed by atoms with E-state index in [4.69, 9.17) is 16.5 Å². The first-order chi connectivity index (χ1) is 12.4. The summed E-state index contributed by atoms with van der Waals surface area (Å²) < 4.78 is 30.5. The number of hydrogen-bond donors (Lipinski definition) is 0. The molecule has 167 valence electrons. The Hall–Kier alpha value is 0.744. The van der Waals surface area contributed by atoms with Crippen molar-refractivity contribution in [1.29, 1.82) is 0 Å². The third kappa shape index (κ3) is 15.6. The van der Waals surface area contributed by atoms with Gasteiger partial charge in [-0.15, -0.1) is 0 Å². The van der Waals surface area contributed by atoms with Gasteiger partial charge in [0.15, 0.2) is 16.6 Å². The van der Waals surface area contributed by atoms with E-state index in [0.29, 0.717) is 6.61 Å². The van der Waals surface area contributed by atoms with Crippen LogP contribution < -0.4 is 0 Å². The van der Waals surface area contributed by atoms with Crippen LogP contribution in [-0.4, -0.2) is 66.9 Å². The zero-order valence-electron chi connectivity index (χ0n) is 19.7. The standard InChI is InChI=1S/C16H41O6SSi5/c1-24(2,3)19-26(6,7)21-28(10,11)22-27(8,9)20-25(4,5)15-14-23-13-12-18-16-17/h12-15H2,1-11H3. The SMILES string of the molecule is C[Si](C)(C)O[Si](C)(C)O[Si](C)(C)O[Si](C)(C)O[Si](C)(C)CCSCCO[C]=O. The molecule has 0 aliphatic rings. The molecule has 0 fully saturated rings. The molecule has 0 N–H and O–H groups in total. The highest BCUT2D eigenvalue weighted by molar-refractivity contribution is 7.99. The van der Waals surface area contributed by atoms with Gasteiger partial charge < -0.3 is 21.2 Å². The minimum absolute atomic E-state index is 0.413. The molecular weight excluding hydrogens is 461 g/mol. The van der Waals surface area contributed by atoms with Gasteiger partial charge in [0.2, 0.25) is 0 Å². The minimum Gasteiger partial charge on any atom is -0.456 e. The van der Waals surface area contributed by atoms with Crippen LogP contribution in [0, 0.1) is 0 Å². The van der Waals surface area contributed by atoms with Gasteiger partial charge in [0.1, 0.15) is 6.61 Å². The van der Waals surface area contributed by atoms with Crippen LogP contribution in [0.1, 0.15) is 0 Å². The Bertz CT molecular complexity index is 483. The van der Waals surface area contributed by atoms with E-state index in [0.717, 1.165) is 17.5 Å². The highest BCUT2D eigenvalue weighted by atomic mass is 32.2. The lowest BCUT2D eigenvalue weighted by molar-refractivity contribution is 0.297. The monoisotopic (exact) mass is 501 g/mol. The predicted octanol–water partition coefficient (Wildman–Crippen LogP) is 5.02. The van der Waals surface area contributed by atoms with E-state index in [1.165, 1.54) is 6.47 Å². The maximum absolute atomic E-state index is 10.0. The molecule has 28 heavy (non-hydrogen) atoms. The summed E-state index contributed by atoms with van der Waals surface area (Å²) >= 11 is 1.77. The number of thioether (sulfide) groups is 1. The van der Waals surface area contributed by atoms with E-state index in [-0.39, 0.29) is 0 Å². The fourth-order valence-corrected chi connectivity index (χ4v) is 28.9. The molecule has 0 aliphatic carbocycles. The molecule has 6 nitrogen and oxygen atoms in total. The zero-order valence-corrected chi connectivity index (χ0v) is 25.5. The van der Waals surface area contributed by atoms with E-state index >= 15 is 0 Å². The molecule has 0 aromatic heterocycles. The van der Waals surface area contributed by atoms with E-state index in [1.54, 1.807) is 11.8 Å². The highest BCUT2D eigenvalue weighted by Gasteiger charge is 2.45. The maximum atomic E-state index is 10.0. The van der Waals surface area contributed by atoms with Crippen molar-refractivity contribution in [2.45, 2.75) is 78.1 Å². The van der Waals surface area contributed by atoms with E-state index in [2.05, 4.69) is 76.8 Å². The maximum Gasteiger partial charge on any atom is 0.417 e. The predicted molar refractivity (Wildman–Crippen MR) is 131 cm³/mol. The van der Waals surface area contributed by atoms with E-state index in [1.807, 2.05) is 0 Å².